The Bertz CT molecular complexity index is 726. The van der Waals surface area contributed by atoms with Crippen LogP contribution >= 0.6 is 0 Å². The van der Waals surface area contributed by atoms with Gasteiger partial charge in [0.05, 0.1) is 26.0 Å². The first-order valence-electron chi connectivity index (χ1n) is 8.23. The molecule has 1 aromatic heterocycles. The molecule has 1 aliphatic heterocycles. The molecule has 7 heteroatoms. The summed E-state index contributed by atoms with van der Waals surface area (Å²) in [6.45, 7) is 3.47. The number of aromatic nitrogens is 2. The molecule has 0 unspecified atom stereocenters. The third kappa shape index (κ3) is 4.11. The van der Waals surface area contributed by atoms with Crippen molar-refractivity contribution in [2.45, 2.75) is 13.0 Å². The number of aryl methyl sites for hydroxylation is 2. The van der Waals surface area contributed by atoms with Gasteiger partial charge in [0.15, 0.2) is 6.61 Å². The number of carbonyl (C=O) groups is 1. The van der Waals surface area contributed by atoms with Crippen LogP contribution in [-0.2, 0) is 16.6 Å². The summed E-state index contributed by atoms with van der Waals surface area (Å²) in [5.41, 5.74) is 0.937. The number of methoxy groups -OCH3 is 1. The smallest absolute Gasteiger partial charge is 0.260 e. The highest BCUT2D eigenvalue weighted by atomic mass is 16.5. The minimum Gasteiger partial charge on any atom is -0.497 e. The first-order valence-corrected chi connectivity index (χ1v) is 8.23. The maximum absolute atomic E-state index is 12.5. The Morgan fingerprint density at radius 2 is 2.04 bits per heavy atom. The number of amides is 1. The van der Waals surface area contributed by atoms with Gasteiger partial charge in [-0.05, 0) is 31.2 Å². The van der Waals surface area contributed by atoms with Crippen molar-refractivity contribution in [1.29, 1.82) is 0 Å². The van der Waals surface area contributed by atoms with E-state index in [2.05, 4.69) is 4.98 Å². The van der Waals surface area contributed by atoms with Crippen LogP contribution < -0.4 is 9.47 Å². The number of carbonyl (C=O) groups excluding carboxylic acids is 1. The minimum absolute atomic E-state index is 0.00135. The van der Waals surface area contributed by atoms with Gasteiger partial charge in [-0.1, -0.05) is 0 Å². The zero-order valence-electron chi connectivity index (χ0n) is 14.8. The van der Waals surface area contributed by atoms with Crippen molar-refractivity contribution in [3.8, 4) is 11.5 Å². The van der Waals surface area contributed by atoms with Gasteiger partial charge in [0.2, 0.25) is 0 Å². The number of imidazole rings is 1. The van der Waals surface area contributed by atoms with Gasteiger partial charge in [-0.3, -0.25) is 4.79 Å². The molecule has 3 rings (SSSR count). The third-order valence-electron chi connectivity index (χ3n) is 4.16. The maximum atomic E-state index is 12.5. The minimum atomic E-state index is -0.211. The summed E-state index contributed by atoms with van der Waals surface area (Å²) in [4.78, 5) is 18.7. The summed E-state index contributed by atoms with van der Waals surface area (Å²) in [5, 5.41) is 0. The fourth-order valence-electron chi connectivity index (χ4n) is 2.87. The molecule has 1 fully saturated rings. The first-order chi connectivity index (χ1) is 12.1. The van der Waals surface area contributed by atoms with E-state index in [4.69, 9.17) is 14.2 Å². The highest BCUT2D eigenvalue weighted by molar-refractivity contribution is 5.78. The molecule has 0 bridgehead atoms. The molecule has 2 aromatic rings. The van der Waals surface area contributed by atoms with Crippen molar-refractivity contribution < 1.29 is 19.0 Å². The Morgan fingerprint density at radius 1 is 1.32 bits per heavy atom. The quantitative estimate of drug-likeness (QED) is 0.825. The van der Waals surface area contributed by atoms with Crippen molar-refractivity contribution >= 4 is 5.91 Å². The second kappa shape index (κ2) is 7.57. The van der Waals surface area contributed by atoms with Gasteiger partial charge in [0, 0.05) is 19.8 Å². The van der Waals surface area contributed by atoms with Crippen LogP contribution in [0.25, 0.3) is 0 Å². The van der Waals surface area contributed by atoms with Gasteiger partial charge >= 0.3 is 0 Å². The van der Waals surface area contributed by atoms with Crippen molar-refractivity contribution in [2.75, 3.05) is 33.4 Å². The molecule has 0 saturated carbocycles. The number of morpholine rings is 1. The lowest BCUT2D eigenvalue weighted by Gasteiger charge is -2.32. The molecule has 0 spiro atoms. The molecule has 1 atom stereocenters. The van der Waals surface area contributed by atoms with E-state index in [1.165, 1.54) is 0 Å². The highest BCUT2D eigenvalue weighted by Gasteiger charge is 2.28. The molecule has 1 amide bonds. The van der Waals surface area contributed by atoms with Crippen LogP contribution in [0.2, 0.25) is 0 Å². The number of hydrogen-bond donors (Lipinski definition) is 0. The Balaban J connectivity index is 1.57. The van der Waals surface area contributed by atoms with Gasteiger partial charge < -0.3 is 23.7 Å². The Hall–Kier alpha value is -2.54. The topological polar surface area (TPSA) is 65.8 Å². The Labute approximate surface area is 147 Å². The normalized spacial score (nSPS) is 17.4. The monoisotopic (exact) mass is 345 g/mol. The van der Waals surface area contributed by atoms with E-state index in [9.17, 15) is 4.79 Å². The van der Waals surface area contributed by atoms with E-state index in [1.807, 2.05) is 24.7 Å². The van der Waals surface area contributed by atoms with Crippen molar-refractivity contribution in [3.63, 3.8) is 0 Å². The van der Waals surface area contributed by atoms with Crippen LogP contribution in [-0.4, -0.2) is 53.8 Å². The predicted molar refractivity (Wildman–Crippen MR) is 91.7 cm³/mol. The van der Waals surface area contributed by atoms with E-state index in [0.29, 0.717) is 25.4 Å². The van der Waals surface area contributed by atoms with Crippen molar-refractivity contribution in [1.82, 2.24) is 14.5 Å². The lowest BCUT2D eigenvalue weighted by Crippen LogP contribution is -2.44. The van der Waals surface area contributed by atoms with Crippen LogP contribution in [0.1, 0.15) is 17.6 Å². The SMILES string of the molecule is COc1ccc(OCC(=O)N2CCO[C@@H](c3nc(C)cn3C)C2)cc1. The molecule has 0 N–H and O–H groups in total. The van der Waals surface area contributed by atoms with Gasteiger partial charge in [-0.25, -0.2) is 4.98 Å². The standard InChI is InChI=1S/C18H23N3O4/c1-13-10-20(2)18(19-13)16-11-21(8-9-24-16)17(22)12-25-15-6-4-14(23-3)5-7-15/h4-7,10,16H,8-9,11-12H2,1-3H3/t16-/m1/s1. The fourth-order valence-corrected chi connectivity index (χ4v) is 2.87. The second-order valence-electron chi connectivity index (χ2n) is 6.01. The second-order valence-corrected chi connectivity index (χ2v) is 6.01. The average molecular weight is 345 g/mol. The first kappa shape index (κ1) is 17.3. The predicted octanol–water partition coefficient (Wildman–Crippen LogP) is 1.72. The lowest BCUT2D eigenvalue weighted by atomic mass is 10.2. The number of benzene rings is 1. The molecule has 0 aliphatic carbocycles. The van der Waals surface area contributed by atoms with Gasteiger partial charge in [-0.15, -0.1) is 0 Å². The number of nitrogens with zero attached hydrogens (tertiary/aromatic N) is 3. The summed E-state index contributed by atoms with van der Waals surface area (Å²) in [5.74, 6) is 2.17. The van der Waals surface area contributed by atoms with Crippen LogP contribution in [0, 0.1) is 6.92 Å². The molecule has 7 nitrogen and oxygen atoms in total. The van der Waals surface area contributed by atoms with E-state index < -0.39 is 0 Å². The number of rotatable bonds is 5. The Kier molecular flexibility index (Phi) is 5.23. The molecular formula is C18H23N3O4. The Morgan fingerprint density at radius 3 is 2.68 bits per heavy atom. The fraction of sp³-hybridized carbons (Fsp3) is 0.444. The summed E-state index contributed by atoms with van der Waals surface area (Å²) in [7, 11) is 3.55. The largest absolute Gasteiger partial charge is 0.497 e. The molecule has 2 heterocycles. The molecule has 1 aliphatic rings. The third-order valence-corrected chi connectivity index (χ3v) is 4.16. The van der Waals surface area contributed by atoms with Crippen LogP contribution in [0.3, 0.4) is 0 Å². The molecule has 1 saturated heterocycles. The molecule has 134 valence electrons. The summed E-state index contributed by atoms with van der Waals surface area (Å²) in [6.07, 6.45) is 1.74. The van der Waals surface area contributed by atoms with E-state index in [0.717, 1.165) is 17.3 Å². The van der Waals surface area contributed by atoms with E-state index in [-0.39, 0.29) is 18.6 Å². The van der Waals surface area contributed by atoms with Crippen molar-refractivity contribution in [2.24, 2.45) is 7.05 Å². The van der Waals surface area contributed by atoms with Crippen LogP contribution in [0.15, 0.2) is 30.5 Å². The summed E-state index contributed by atoms with van der Waals surface area (Å²) >= 11 is 0. The lowest BCUT2D eigenvalue weighted by molar-refractivity contribution is -0.141. The maximum Gasteiger partial charge on any atom is 0.260 e. The number of ether oxygens (including phenoxy) is 3. The molecule has 0 radical (unpaired) electrons. The molecule has 25 heavy (non-hydrogen) atoms. The van der Waals surface area contributed by atoms with Gasteiger partial charge in [-0.2, -0.15) is 0 Å². The molecule has 1 aromatic carbocycles. The van der Waals surface area contributed by atoms with Gasteiger partial charge in [0.25, 0.3) is 5.91 Å². The highest BCUT2D eigenvalue weighted by Crippen LogP contribution is 2.22. The van der Waals surface area contributed by atoms with Crippen molar-refractivity contribution in [3.05, 3.63) is 42.0 Å². The van der Waals surface area contributed by atoms with Crippen LogP contribution in [0.4, 0.5) is 0 Å². The number of hydrogen-bond acceptors (Lipinski definition) is 5. The zero-order valence-corrected chi connectivity index (χ0v) is 14.8. The van der Waals surface area contributed by atoms with E-state index in [1.54, 1.807) is 36.3 Å². The van der Waals surface area contributed by atoms with Crippen LogP contribution in [0.5, 0.6) is 11.5 Å². The average Bonchev–Trinajstić information content (AvgIpc) is 2.98. The molecular weight excluding hydrogens is 322 g/mol. The van der Waals surface area contributed by atoms with Gasteiger partial charge in [0.1, 0.15) is 23.4 Å². The zero-order chi connectivity index (χ0) is 17.8. The summed E-state index contributed by atoms with van der Waals surface area (Å²) < 4.78 is 18.4. The summed E-state index contributed by atoms with van der Waals surface area (Å²) in [6, 6.07) is 7.16. The van der Waals surface area contributed by atoms with E-state index >= 15 is 0 Å².